The van der Waals surface area contributed by atoms with Crippen molar-refractivity contribution in [2.75, 3.05) is 12.3 Å². The molecule has 0 aromatic heterocycles. The Morgan fingerprint density at radius 1 is 1.05 bits per heavy atom. The quantitative estimate of drug-likeness (QED) is 0.846. The van der Waals surface area contributed by atoms with Crippen molar-refractivity contribution in [1.29, 1.82) is 0 Å². The lowest BCUT2D eigenvalue weighted by Gasteiger charge is -2.14. The van der Waals surface area contributed by atoms with Gasteiger partial charge in [-0.3, -0.25) is 0 Å². The Hall–Kier alpha value is -2.37. The maximum atomic E-state index is 12.8. The molecule has 21 heavy (non-hydrogen) atoms. The first-order valence-electron chi connectivity index (χ1n) is 6.28. The third-order valence-electron chi connectivity index (χ3n) is 2.71. The molecule has 2 aromatic carbocycles. The molecule has 0 aliphatic heterocycles. The van der Waals surface area contributed by atoms with Crippen LogP contribution in [-0.4, -0.2) is 6.61 Å². The molecule has 3 nitrogen and oxygen atoms in total. The number of rotatable bonds is 4. The third kappa shape index (κ3) is 3.59. The van der Waals surface area contributed by atoms with Crippen molar-refractivity contribution in [2.45, 2.75) is 13.1 Å². The van der Waals surface area contributed by atoms with Crippen LogP contribution >= 0.6 is 0 Å². The molecule has 0 aliphatic rings. The van der Waals surface area contributed by atoms with E-state index in [0.717, 1.165) is 6.07 Å². The molecule has 0 radical (unpaired) electrons. The summed E-state index contributed by atoms with van der Waals surface area (Å²) in [6, 6.07) is 10.2. The molecule has 0 aliphatic carbocycles. The molecular formula is C15H14F3NO2. The maximum Gasteiger partial charge on any atom is 0.418 e. The van der Waals surface area contributed by atoms with E-state index in [9.17, 15) is 13.2 Å². The molecule has 2 N–H and O–H groups in total. The van der Waals surface area contributed by atoms with Crippen molar-refractivity contribution in [3.63, 3.8) is 0 Å². The number of nitrogens with two attached hydrogens (primary N) is 1. The SMILES string of the molecule is CCOc1ccccc1Oc1ccc(N)c(C(F)(F)F)c1. The van der Waals surface area contributed by atoms with E-state index in [1.165, 1.54) is 12.1 Å². The summed E-state index contributed by atoms with van der Waals surface area (Å²) < 4.78 is 49.3. The first-order valence-corrected chi connectivity index (χ1v) is 6.28. The summed E-state index contributed by atoms with van der Waals surface area (Å²) in [7, 11) is 0. The number of nitrogen functional groups attached to an aromatic ring is 1. The number of para-hydroxylation sites is 2. The van der Waals surface area contributed by atoms with Crippen LogP contribution < -0.4 is 15.2 Å². The van der Waals surface area contributed by atoms with E-state index >= 15 is 0 Å². The van der Waals surface area contributed by atoms with Gasteiger partial charge in [0.2, 0.25) is 0 Å². The summed E-state index contributed by atoms with van der Waals surface area (Å²) >= 11 is 0. The van der Waals surface area contributed by atoms with E-state index in [-0.39, 0.29) is 11.4 Å². The Morgan fingerprint density at radius 3 is 2.33 bits per heavy atom. The number of anilines is 1. The van der Waals surface area contributed by atoms with Crippen LogP contribution in [0.25, 0.3) is 0 Å². The highest BCUT2D eigenvalue weighted by atomic mass is 19.4. The molecule has 0 saturated carbocycles. The minimum absolute atomic E-state index is 0.0451. The van der Waals surface area contributed by atoms with E-state index < -0.39 is 11.7 Å². The van der Waals surface area contributed by atoms with Gasteiger partial charge in [0.1, 0.15) is 5.75 Å². The molecule has 0 atom stereocenters. The van der Waals surface area contributed by atoms with Gasteiger partial charge in [0.15, 0.2) is 11.5 Å². The van der Waals surface area contributed by atoms with Crippen LogP contribution in [0.1, 0.15) is 12.5 Å². The minimum atomic E-state index is -4.52. The van der Waals surface area contributed by atoms with Crippen LogP contribution in [0.2, 0.25) is 0 Å². The normalized spacial score (nSPS) is 11.2. The number of hydrogen-bond donors (Lipinski definition) is 1. The Kier molecular flexibility index (Phi) is 4.26. The van der Waals surface area contributed by atoms with Gasteiger partial charge in [0.05, 0.1) is 12.2 Å². The molecule has 0 fully saturated rings. The number of ether oxygens (including phenoxy) is 2. The lowest BCUT2D eigenvalue weighted by molar-refractivity contribution is -0.137. The largest absolute Gasteiger partial charge is 0.490 e. The first kappa shape index (κ1) is 15.0. The topological polar surface area (TPSA) is 44.5 Å². The molecule has 0 bridgehead atoms. The van der Waals surface area contributed by atoms with Crippen molar-refractivity contribution >= 4 is 5.69 Å². The Morgan fingerprint density at radius 2 is 1.71 bits per heavy atom. The predicted molar refractivity (Wildman–Crippen MR) is 73.5 cm³/mol. The zero-order valence-electron chi connectivity index (χ0n) is 11.3. The highest BCUT2D eigenvalue weighted by Crippen LogP contribution is 2.38. The van der Waals surface area contributed by atoms with Crippen molar-refractivity contribution in [2.24, 2.45) is 0 Å². The Bertz CT molecular complexity index is 627. The number of hydrogen-bond acceptors (Lipinski definition) is 3. The standard InChI is InChI=1S/C15H14F3NO2/c1-2-20-13-5-3-4-6-14(13)21-10-7-8-12(19)11(9-10)15(16,17)18/h3-9H,2,19H2,1H3. The smallest absolute Gasteiger partial charge is 0.418 e. The van der Waals surface area contributed by atoms with Gasteiger partial charge in [-0.25, -0.2) is 0 Å². The predicted octanol–water partition coefficient (Wildman–Crippen LogP) is 4.48. The van der Waals surface area contributed by atoms with Gasteiger partial charge in [0.25, 0.3) is 0 Å². The van der Waals surface area contributed by atoms with Gasteiger partial charge in [-0.1, -0.05) is 12.1 Å². The number of halogens is 3. The van der Waals surface area contributed by atoms with Crippen LogP contribution in [0.5, 0.6) is 17.2 Å². The first-order chi connectivity index (χ1) is 9.91. The summed E-state index contributed by atoms with van der Waals surface area (Å²) in [5, 5.41) is 0. The fourth-order valence-electron chi connectivity index (χ4n) is 1.78. The van der Waals surface area contributed by atoms with Crippen LogP contribution in [-0.2, 0) is 6.18 Å². The van der Waals surface area contributed by atoms with Gasteiger partial charge in [0, 0.05) is 5.69 Å². The molecule has 2 aromatic rings. The molecule has 0 heterocycles. The molecule has 0 spiro atoms. The monoisotopic (exact) mass is 297 g/mol. The molecule has 6 heteroatoms. The van der Waals surface area contributed by atoms with Gasteiger partial charge in [-0.05, 0) is 37.3 Å². The summed E-state index contributed by atoms with van der Waals surface area (Å²) in [6.45, 7) is 2.23. The highest BCUT2D eigenvalue weighted by Gasteiger charge is 2.33. The summed E-state index contributed by atoms with van der Waals surface area (Å²) in [5.41, 5.74) is 4.08. The summed E-state index contributed by atoms with van der Waals surface area (Å²) in [5.74, 6) is 0.853. The maximum absolute atomic E-state index is 12.8. The van der Waals surface area contributed by atoms with Crippen LogP contribution in [0.3, 0.4) is 0 Å². The van der Waals surface area contributed by atoms with Gasteiger partial charge in [-0.15, -0.1) is 0 Å². The van der Waals surface area contributed by atoms with Crippen molar-refractivity contribution < 1.29 is 22.6 Å². The number of alkyl halides is 3. The lowest BCUT2D eigenvalue weighted by atomic mass is 10.1. The van der Waals surface area contributed by atoms with E-state index in [4.69, 9.17) is 15.2 Å². The van der Waals surface area contributed by atoms with Crippen molar-refractivity contribution in [3.8, 4) is 17.2 Å². The third-order valence-corrected chi connectivity index (χ3v) is 2.71. The Labute approximate surface area is 120 Å². The fraction of sp³-hybridized carbons (Fsp3) is 0.200. The van der Waals surface area contributed by atoms with Crippen molar-refractivity contribution in [3.05, 3.63) is 48.0 Å². The molecule has 0 unspecified atom stereocenters. The second-order valence-corrected chi connectivity index (χ2v) is 4.23. The molecule has 2 rings (SSSR count). The van der Waals surface area contributed by atoms with E-state index in [1.54, 1.807) is 24.3 Å². The lowest BCUT2D eigenvalue weighted by Crippen LogP contribution is -2.08. The zero-order chi connectivity index (χ0) is 15.5. The average Bonchev–Trinajstić information content (AvgIpc) is 2.42. The minimum Gasteiger partial charge on any atom is -0.490 e. The van der Waals surface area contributed by atoms with E-state index in [2.05, 4.69) is 0 Å². The Balaban J connectivity index is 2.33. The highest BCUT2D eigenvalue weighted by molar-refractivity contribution is 5.53. The van der Waals surface area contributed by atoms with E-state index in [1.807, 2.05) is 6.92 Å². The fourth-order valence-corrected chi connectivity index (χ4v) is 1.78. The van der Waals surface area contributed by atoms with Gasteiger partial charge in [-0.2, -0.15) is 13.2 Å². The average molecular weight is 297 g/mol. The summed E-state index contributed by atoms with van der Waals surface area (Å²) in [6.07, 6.45) is -4.52. The second-order valence-electron chi connectivity index (χ2n) is 4.23. The van der Waals surface area contributed by atoms with Crippen LogP contribution in [0, 0.1) is 0 Å². The van der Waals surface area contributed by atoms with Crippen molar-refractivity contribution in [1.82, 2.24) is 0 Å². The molecule has 0 amide bonds. The zero-order valence-corrected chi connectivity index (χ0v) is 11.3. The van der Waals surface area contributed by atoms with E-state index in [0.29, 0.717) is 18.1 Å². The van der Waals surface area contributed by atoms with Gasteiger partial charge >= 0.3 is 6.18 Å². The number of benzene rings is 2. The van der Waals surface area contributed by atoms with Crippen LogP contribution in [0.15, 0.2) is 42.5 Å². The molecule has 0 saturated heterocycles. The second kappa shape index (κ2) is 5.95. The van der Waals surface area contributed by atoms with Crippen LogP contribution in [0.4, 0.5) is 18.9 Å². The molecular weight excluding hydrogens is 283 g/mol. The molecule has 112 valence electrons. The van der Waals surface area contributed by atoms with Gasteiger partial charge < -0.3 is 15.2 Å². The summed E-state index contributed by atoms with van der Waals surface area (Å²) in [4.78, 5) is 0.